The number of hydrogen-bond acceptors (Lipinski definition) is 2. The molecule has 2 aromatic rings. The molecule has 1 N–H and O–H groups in total. The highest BCUT2D eigenvalue weighted by Crippen LogP contribution is 2.36. The van der Waals surface area contributed by atoms with Crippen molar-refractivity contribution in [2.75, 3.05) is 0 Å². The molecular weight excluding hydrogens is 318 g/mol. The molecule has 1 unspecified atom stereocenters. The number of phenolic OH excluding ortho intramolecular Hbond substituents is 1. The van der Waals surface area contributed by atoms with E-state index in [2.05, 4.69) is 83.7 Å². The molecule has 0 aliphatic rings. The summed E-state index contributed by atoms with van der Waals surface area (Å²) < 4.78 is 0. The molecule has 2 atom stereocenters. The van der Waals surface area contributed by atoms with Crippen molar-refractivity contribution in [3.63, 3.8) is 0 Å². The van der Waals surface area contributed by atoms with Gasteiger partial charge in [-0.2, -0.15) is 0 Å². The van der Waals surface area contributed by atoms with Crippen LogP contribution in [0.3, 0.4) is 0 Å². The zero-order chi connectivity index (χ0) is 19.4. The molecule has 0 spiro atoms. The van der Waals surface area contributed by atoms with Crippen LogP contribution in [0.4, 0.5) is 0 Å². The van der Waals surface area contributed by atoms with Crippen molar-refractivity contribution in [2.24, 2.45) is 0 Å². The summed E-state index contributed by atoms with van der Waals surface area (Å²) in [6.45, 7) is 15.6. The minimum atomic E-state index is 0.216. The smallest absolute Gasteiger partial charge is 0.119 e. The Balaban J connectivity index is 2.42. The molecule has 0 aliphatic carbocycles. The Bertz CT molecular complexity index is 712. The van der Waals surface area contributed by atoms with Crippen molar-refractivity contribution in [2.45, 2.75) is 78.9 Å². The van der Waals surface area contributed by atoms with E-state index in [1.807, 2.05) is 12.1 Å². The Labute approximate surface area is 159 Å². The van der Waals surface area contributed by atoms with Crippen LogP contribution in [0.5, 0.6) is 5.75 Å². The normalized spacial score (nSPS) is 14.2. The standard InChI is InChI=1S/C24H35NO/c1-8-22(23-14-18(6)12-13-24(23)26)21-11-9-10-20(15-21)19(7)25(16(2)3)17(4)5/h9-17,19,22,26H,8H2,1-7H3/t19?,22-/m1/s1. The first kappa shape index (κ1) is 20.5. The van der Waals surface area contributed by atoms with E-state index >= 15 is 0 Å². The molecule has 26 heavy (non-hydrogen) atoms. The first-order valence-electron chi connectivity index (χ1n) is 9.93. The van der Waals surface area contributed by atoms with Gasteiger partial charge in [-0.05, 0) is 65.2 Å². The fourth-order valence-corrected chi connectivity index (χ4v) is 4.29. The van der Waals surface area contributed by atoms with Crippen LogP contribution >= 0.6 is 0 Å². The lowest BCUT2D eigenvalue weighted by atomic mass is 9.86. The van der Waals surface area contributed by atoms with Crippen LogP contribution in [0.1, 0.15) is 82.2 Å². The molecule has 0 aromatic heterocycles. The van der Waals surface area contributed by atoms with Gasteiger partial charge in [0.05, 0.1) is 0 Å². The maximum Gasteiger partial charge on any atom is 0.119 e. The van der Waals surface area contributed by atoms with Gasteiger partial charge in [0.1, 0.15) is 5.75 Å². The average Bonchev–Trinajstić information content (AvgIpc) is 2.58. The van der Waals surface area contributed by atoms with Crippen LogP contribution in [-0.2, 0) is 0 Å². The van der Waals surface area contributed by atoms with Crippen LogP contribution in [-0.4, -0.2) is 22.1 Å². The maximum atomic E-state index is 10.4. The summed E-state index contributed by atoms with van der Waals surface area (Å²) in [7, 11) is 0. The quantitative estimate of drug-likeness (QED) is 0.620. The minimum absolute atomic E-state index is 0.216. The molecule has 0 fully saturated rings. The lowest BCUT2D eigenvalue weighted by molar-refractivity contribution is 0.123. The number of nitrogens with zero attached hydrogens (tertiary/aromatic N) is 1. The van der Waals surface area contributed by atoms with Crippen molar-refractivity contribution in [3.05, 3.63) is 64.7 Å². The van der Waals surface area contributed by atoms with E-state index < -0.39 is 0 Å². The van der Waals surface area contributed by atoms with Gasteiger partial charge < -0.3 is 5.11 Å². The van der Waals surface area contributed by atoms with Gasteiger partial charge in [-0.15, -0.1) is 0 Å². The summed E-state index contributed by atoms with van der Waals surface area (Å²) >= 11 is 0. The molecule has 2 aromatic carbocycles. The largest absolute Gasteiger partial charge is 0.508 e. The number of aromatic hydroxyl groups is 1. The highest BCUT2D eigenvalue weighted by molar-refractivity contribution is 5.44. The molecule has 0 saturated carbocycles. The predicted octanol–water partition coefficient (Wildman–Crippen LogP) is 6.42. The number of hydrogen-bond donors (Lipinski definition) is 1. The molecule has 2 heteroatoms. The summed E-state index contributed by atoms with van der Waals surface area (Å²) in [5, 5.41) is 10.4. The topological polar surface area (TPSA) is 23.5 Å². The van der Waals surface area contributed by atoms with E-state index in [0.717, 1.165) is 12.0 Å². The Morgan fingerprint density at radius 3 is 2.08 bits per heavy atom. The summed E-state index contributed by atoms with van der Waals surface area (Å²) in [6.07, 6.45) is 0.965. The molecule has 2 rings (SSSR count). The monoisotopic (exact) mass is 353 g/mol. The molecule has 0 aliphatic heterocycles. The number of rotatable bonds is 7. The third kappa shape index (κ3) is 4.48. The van der Waals surface area contributed by atoms with Gasteiger partial charge in [-0.1, -0.05) is 48.9 Å². The van der Waals surface area contributed by atoms with Crippen molar-refractivity contribution >= 4 is 0 Å². The molecule has 0 bridgehead atoms. The van der Waals surface area contributed by atoms with Gasteiger partial charge in [0.15, 0.2) is 0 Å². The Hall–Kier alpha value is -1.80. The first-order chi connectivity index (χ1) is 12.3. The number of phenols is 1. The van der Waals surface area contributed by atoms with E-state index in [4.69, 9.17) is 0 Å². The summed E-state index contributed by atoms with van der Waals surface area (Å²) in [5.74, 6) is 0.612. The van der Waals surface area contributed by atoms with E-state index in [0.29, 0.717) is 23.9 Å². The number of aryl methyl sites for hydroxylation is 1. The third-order valence-electron chi connectivity index (χ3n) is 5.40. The maximum absolute atomic E-state index is 10.4. The molecule has 142 valence electrons. The minimum Gasteiger partial charge on any atom is -0.508 e. The fraction of sp³-hybridized carbons (Fsp3) is 0.500. The number of benzene rings is 2. The van der Waals surface area contributed by atoms with Gasteiger partial charge >= 0.3 is 0 Å². The fourth-order valence-electron chi connectivity index (χ4n) is 4.29. The van der Waals surface area contributed by atoms with Gasteiger partial charge in [0.2, 0.25) is 0 Å². The van der Waals surface area contributed by atoms with Crippen molar-refractivity contribution in [3.8, 4) is 5.75 Å². The second-order valence-electron chi connectivity index (χ2n) is 8.00. The second-order valence-corrected chi connectivity index (χ2v) is 8.00. The Morgan fingerprint density at radius 1 is 0.885 bits per heavy atom. The molecule has 0 saturated heterocycles. The molecule has 0 heterocycles. The Kier molecular flexibility index (Phi) is 6.88. The third-order valence-corrected chi connectivity index (χ3v) is 5.40. The van der Waals surface area contributed by atoms with Gasteiger partial charge in [0, 0.05) is 29.6 Å². The van der Waals surface area contributed by atoms with E-state index in [1.54, 1.807) is 0 Å². The van der Waals surface area contributed by atoms with E-state index in [1.165, 1.54) is 16.7 Å². The molecular formula is C24H35NO. The highest BCUT2D eigenvalue weighted by Gasteiger charge is 2.23. The predicted molar refractivity (Wildman–Crippen MR) is 112 cm³/mol. The van der Waals surface area contributed by atoms with Gasteiger partial charge in [-0.25, -0.2) is 0 Å². The van der Waals surface area contributed by atoms with Gasteiger partial charge in [-0.3, -0.25) is 4.90 Å². The first-order valence-corrected chi connectivity index (χ1v) is 9.93. The van der Waals surface area contributed by atoms with Crippen molar-refractivity contribution in [1.29, 1.82) is 0 Å². The second kappa shape index (κ2) is 8.73. The molecule has 0 radical (unpaired) electrons. The lowest BCUT2D eigenvalue weighted by Gasteiger charge is -2.37. The van der Waals surface area contributed by atoms with Crippen LogP contribution in [0.2, 0.25) is 0 Å². The SMILES string of the molecule is CC[C@H](c1cccc(C(C)N(C(C)C)C(C)C)c1)c1cc(C)ccc1O. The van der Waals surface area contributed by atoms with Crippen LogP contribution in [0, 0.1) is 6.92 Å². The summed E-state index contributed by atoms with van der Waals surface area (Å²) in [4.78, 5) is 2.55. The van der Waals surface area contributed by atoms with E-state index in [-0.39, 0.29) is 5.92 Å². The summed E-state index contributed by atoms with van der Waals surface area (Å²) in [6, 6.07) is 16.2. The summed E-state index contributed by atoms with van der Waals surface area (Å²) in [5.41, 5.74) is 4.84. The van der Waals surface area contributed by atoms with Gasteiger partial charge in [0.25, 0.3) is 0 Å². The van der Waals surface area contributed by atoms with Crippen LogP contribution in [0.25, 0.3) is 0 Å². The lowest BCUT2D eigenvalue weighted by Crippen LogP contribution is -2.39. The molecule has 2 nitrogen and oxygen atoms in total. The zero-order valence-electron chi connectivity index (χ0n) is 17.5. The van der Waals surface area contributed by atoms with Crippen LogP contribution in [0.15, 0.2) is 42.5 Å². The van der Waals surface area contributed by atoms with E-state index in [9.17, 15) is 5.11 Å². The Morgan fingerprint density at radius 2 is 1.50 bits per heavy atom. The van der Waals surface area contributed by atoms with Crippen molar-refractivity contribution < 1.29 is 5.11 Å². The van der Waals surface area contributed by atoms with Crippen molar-refractivity contribution in [1.82, 2.24) is 4.90 Å². The molecule has 0 amide bonds. The highest BCUT2D eigenvalue weighted by atomic mass is 16.3. The average molecular weight is 354 g/mol. The van der Waals surface area contributed by atoms with Crippen LogP contribution < -0.4 is 0 Å². The zero-order valence-corrected chi connectivity index (χ0v) is 17.5.